The maximum absolute atomic E-state index is 5.39. The van der Waals surface area contributed by atoms with Crippen LogP contribution in [0.3, 0.4) is 0 Å². The quantitative estimate of drug-likeness (QED) is 0.900. The van der Waals surface area contributed by atoms with Gasteiger partial charge in [0, 0.05) is 37.4 Å². The van der Waals surface area contributed by atoms with Crippen molar-refractivity contribution in [3.63, 3.8) is 0 Å². The van der Waals surface area contributed by atoms with Crippen LogP contribution in [0.4, 0.5) is 11.4 Å². The van der Waals surface area contributed by atoms with Gasteiger partial charge in [0.05, 0.1) is 13.2 Å². The minimum atomic E-state index is 0.830. The third-order valence-electron chi connectivity index (χ3n) is 3.91. The number of rotatable bonds is 2. The van der Waals surface area contributed by atoms with E-state index in [4.69, 9.17) is 4.74 Å². The lowest BCUT2D eigenvalue weighted by molar-refractivity contribution is 0.122. The molecule has 0 bridgehead atoms. The van der Waals surface area contributed by atoms with Crippen LogP contribution in [-0.2, 0) is 4.74 Å². The third-order valence-corrected chi connectivity index (χ3v) is 3.91. The zero-order valence-electron chi connectivity index (χ0n) is 12.0. The Hall–Kier alpha value is -1.55. The molecule has 4 heteroatoms. The van der Waals surface area contributed by atoms with E-state index in [9.17, 15) is 0 Å². The van der Waals surface area contributed by atoms with E-state index in [1.54, 1.807) is 0 Å². The van der Waals surface area contributed by atoms with Gasteiger partial charge in [-0.05, 0) is 37.1 Å². The highest BCUT2D eigenvalue weighted by atomic mass is 16.5. The van der Waals surface area contributed by atoms with Crippen molar-refractivity contribution in [1.82, 2.24) is 0 Å². The number of nitrogens with one attached hydrogen (secondary N) is 1. The summed E-state index contributed by atoms with van der Waals surface area (Å²) in [7, 11) is 0. The number of hydrogen-bond acceptors (Lipinski definition) is 4. The second kappa shape index (κ2) is 6.75. The maximum Gasteiger partial charge on any atom is 0.101 e. The van der Waals surface area contributed by atoms with E-state index in [1.807, 2.05) is 0 Å². The van der Waals surface area contributed by atoms with Gasteiger partial charge in [-0.1, -0.05) is 6.42 Å². The average molecular weight is 273 g/mol. The van der Waals surface area contributed by atoms with E-state index in [0.717, 1.165) is 50.8 Å². The minimum absolute atomic E-state index is 0.830. The number of aliphatic imine (C=N–C) groups is 1. The van der Waals surface area contributed by atoms with Gasteiger partial charge in [0.15, 0.2) is 0 Å². The number of nitrogens with zero attached hydrogens (tertiary/aromatic N) is 2. The first kappa shape index (κ1) is 13.4. The summed E-state index contributed by atoms with van der Waals surface area (Å²) < 4.78 is 5.39. The maximum atomic E-state index is 5.39. The van der Waals surface area contributed by atoms with Crippen LogP contribution < -0.4 is 10.2 Å². The Morgan fingerprint density at radius 3 is 2.60 bits per heavy atom. The molecular formula is C16H23N3O. The first-order valence-corrected chi connectivity index (χ1v) is 7.65. The van der Waals surface area contributed by atoms with Crippen molar-refractivity contribution < 1.29 is 4.74 Å². The van der Waals surface area contributed by atoms with E-state index < -0.39 is 0 Å². The van der Waals surface area contributed by atoms with Crippen LogP contribution in [-0.4, -0.2) is 38.7 Å². The fourth-order valence-electron chi connectivity index (χ4n) is 2.72. The molecule has 0 saturated carbocycles. The Morgan fingerprint density at radius 2 is 1.80 bits per heavy atom. The van der Waals surface area contributed by atoms with Crippen LogP contribution >= 0.6 is 0 Å². The Bertz CT molecular complexity index is 449. The Balaban J connectivity index is 1.61. The van der Waals surface area contributed by atoms with Gasteiger partial charge in [0.1, 0.15) is 5.84 Å². The number of amidine groups is 1. The molecular weight excluding hydrogens is 250 g/mol. The van der Waals surface area contributed by atoms with E-state index >= 15 is 0 Å². The number of ether oxygens (including phenoxy) is 1. The molecule has 1 saturated heterocycles. The molecule has 20 heavy (non-hydrogen) atoms. The van der Waals surface area contributed by atoms with Gasteiger partial charge in [-0.3, -0.25) is 4.99 Å². The predicted molar refractivity (Wildman–Crippen MR) is 83.9 cm³/mol. The van der Waals surface area contributed by atoms with Crippen molar-refractivity contribution in [1.29, 1.82) is 0 Å². The number of benzene rings is 1. The Labute approximate surface area is 120 Å². The van der Waals surface area contributed by atoms with E-state index in [2.05, 4.69) is 39.5 Å². The Morgan fingerprint density at radius 1 is 1.00 bits per heavy atom. The molecule has 4 nitrogen and oxygen atoms in total. The van der Waals surface area contributed by atoms with Gasteiger partial charge >= 0.3 is 0 Å². The van der Waals surface area contributed by atoms with Crippen molar-refractivity contribution >= 4 is 17.2 Å². The summed E-state index contributed by atoms with van der Waals surface area (Å²) in [5.74, 6) is 1.14. The summed E-state index contributed by atoms with van der Waals surface area (Å²) in [5.41, 5.74) is 2.42. The van der Waals surface area contributed by atoms with Crippen molar-refractivity contribution in [2.75, 3.05) is 43.1 Å². The summed E-state index contributed by atoms with van der Waals surface area (Å²) in [6, 6.07) is 8.67. The average Bonchev–Trinajstić information content (AvgIpc) is 2.78. The third kappa shape index (κ3) is 3.51. The highest BCUT2D eigenvalue weighted by Gasteiger charge is 2.11. The van der Waals surface area contributed by atoms with Gasteiger partial charge < -0.3 is 15.0 Å². The second-order valence-electron chi connectivity index (χ2n) is 5.41. The first-order valence-electron chi connectivity index (χ1n) is 7.65. The van der Waals surface area contributed by atoms with E-state index in [0.29, 0.717) is 0 Å². The minimum Gasteiger partial charge on any atom is -0.378 e. The van der Waals surface area contributed by atoms with Crippen molar-refractivity contribution in [2.24, 2.45) is 4.99 Å². The van der Waals surface area contributed by atoms with E-state index in [1.165, 1.54) is 24.9 Å². The highest BCUT2D eigenvalue weighted by Crippen LogP contribution is 2.20. The molecule has 1 aromatic rings. The van der Waals surface area contributed by atoms with Crippen LogP contribution in [0.2, 0.25) is 0 Å². The standard InChI is InChI=1S/C16H23N3O/c1-2-4-16(17-9-3-1)18-14-5-7-15(8-6-14)19-10-12-20-13-11-19/h5-8H,1-4,9-13H2,(H,17,18). The molecule has 0 aromatic heterocycles. The van der Waals surface area contributed by atoms with Crippen molar-refractivity contribution in [3.8, 4) is 0 Å². The second-order valence-corrected chi connectivity index (χ2v) is 5.41. The molecule has 1 fully saturated rings. The lowest BCUT2D eigenvalue weighted by Crippen LogP contribution is -2.36. The van der Waals surface area contributed by atoms with Crippen molar-refractivity contribution in [2.45, 2.75) is 25.7 Å². The molecule has 2 aliphatic rings. The number of anilines is 2. The molecule has 1 N–H and O–H groups in total. The molecule has 0 radical (unpaired) electrons. The lowest BCUT2D eigenvalue weighted by Gasteiger charge is -2.29. The monoisotopic (exact) mass is 273 g/mol. The smallest absolute Gasteiger partial charge is 0.101 e. The number of morpholine rings is 1. The fourth-order valence-corrected chi connectivity index (χ4v) is 2.72. The molecule has 1 aromatic carbocycles. The molecule has 3 rings (SSSR count). The van der Waals surface area contributed by atoms with E-state index in [-0.39, 0.29) is 0 Å². The molecule has 0 unspecified atom stereocenters. The summed E-state index contributed by atoms with van der Waals surface area (Å²) in [5, 5.41) is 3.46. The van der Waals surface area contributed by atoms with Crippen LogP contribution in [0.15, 0.2) is 29.3 Å². The van der Waals surface area contributed by atoms with Gasteiger partial charge in [-0.25, -0.2) is 0 Å². The largest absolute Gasteiger partial charge is 0.378 e. The predicted octanol–water partition coefficient (Wildman–Crippen LogP) is 2.91. The molecule has 108 valence electrons. The number of hydrogen-bond donors (Lipinski definition) is 1. The van der Waals surface area contributed by atoms with Crippen molar-refractivity contribution in [3.05, 3.63) is 24.3 Å². The van der Waals surface area contributed by atoms with Crippen LogP contribution in [0.1, 0.15) is 25.7 Å². The van der Waals surface area contributed by atoms with Crippen LogP contribution in [0, 0.1) is 0 Å². The molecule has 0 spiro atoms. The SMILES string of the molecule is c1cc(N2CCOCC2)ccc1NC1=NCCCCC1. The fraction of sp³-hybridized carbons (Fsp3) is 0.562. The van der Waals surface area contributed by atoms with Gasteiger partial charge in [0.25, 0.3) is 0 Å². The Kier molecular flexibility index (Phi) is 4.53. The molecule has 2 aliphatic heterocycles. The van der Waals surface area contributed by atoms with Gasteiger partial charge in [0.2, 0.25) is 0 Å². The first-order chi connectivity index (χ1) is 9.92. The van der Waals surface area contributed by atoms with Crippen LogP contribution in [0.25, 0.3) is 0 Å². The topological polar surface area (TPSA) is 36.9 Å². The zero-order chi connectivity index (χ0) is 13.6. The highest BCUT2D eigenvalue weighted by molar-refractivity contribution is 5.95. The molecule has 2 heterocycles. The molecule has 0 aliphatic carbocycles. The zero-order valence-corrected chi connectivity index (χ0v) is 12.0. The van der Waals surface area contributed by atoms with Crippen LogP contribution in [0.5, 0.6) is 0 Å². The summed E-state index contributed by atoms with van der Waals surface area (Å²) in [6.45, 7) is 4.60. The lowest BCUT2D eigenvalue weighted by atomic mass is 10.2. The summed E-state index contributed by atoms with van der Waals surface area (Å²) >= 11 is 0. The summed E-state index contributed by atoms with van der Waals surface area (Å²) in [6.07, 6.45) is 4.84. The normalized spacial score (nSPS) is 20.2. The van der Waals surface area contributed by atoms with Gasteiger partial charge in [-0.2, -0.15) is 0 Å². The summed E-state index contributed by atoms with van der Waals surface area (Å²) in [4.78, 5) is 6.98. The van der Waals surface area contributed by atoms with Gasteiger partial charge in [-0.15, -0.1) is 0 Å². The molecule has 0 amide bonds. The molecule has 0 atom stereocenters.